The molecule has 76 valence electrons. The van der Waals surface area contributed by atoms with Crippen molar-refractivity contribution >= 4 is 5.97 Å². The average Bonchev–Trinajstić information content (AvgIpc) is 2.18. The number of benzene rings is 1. The van der Waals surface area contributed by atoms with Crippen LogP contribution in [-0.4, -0.2) is 17.8 Å². The van der Waals surface area contributed by atoms with Gasteiger partial charge in [0.15, 0.2) is 0 Å². The highest BCUT2D eigenvalue weighted by atomic mass is 19.1. The molecule has 0 aliphatic carbocycles. The summed E-state index contributed by atoms with van der Waals surface area (Å²) < 4.78 is 12.6. The molecule has 0 amide bonds. The fourth-order valence-corrected chi connectivity index (χ4v) is 1.14. The van der Waals surface area contributed by atoms with Gasteiger partial charge in [-0.2, -0.15) is 0 Å². The van der Waals surface area contributed by atoms with Crippen molar-refractivity contribution in [3.05, 3.63) is 35.4 Å². The Kier molecular flexibility index (Phi) is 2.89. The molecular weight excluding hydrogens is 183 g/mol. The van der Waals surface area contributed by atoms with Crippen molar-refractivity contribution in [2.75, 3.05) is 6.67 Å². The Labute approximate surface area is 82.4 Å². The van der Waals surface area contributed by atoms with E-state index in [0.29, 0.717) is 0 Å². The van der Waals surface area contributed by atoms with Crippen LogP contribution >= 0.6 is 0 Å². The maximum atomic E-state index is 12.6. The summed E-state index contributed by atoms with van der Waals surface area (Å²) in [5.74, 6) is -0.963. The molecule has 0 fully saturated rings. The molecule has 0 aromatic heterocycles. The summed E-state index contributed by atoms with van der Waals surface area (Å²) in [5, 5.41) is 8.66. The molecule has 0 atom stereocenters. The zero-order chi connectivity index (χ0) is 10.8. The van der Waals surface area contributed by atoms with E-state index in [1.807, 2.05) is 0 Å². The third-order valence-corrected chi connectivity index (χ3v) is 2.25. The van der Waals surface area contributed by atoms with Gasteiger partial charge in [-0.15, -0.1) is 0 Å². The first kappa shape index (κ1) is 10.7. The predicted octanol–water partition coefficient (Wildman–Crippen LogP) is 2.63. The number of rotatable bonds is 3. The summed E-state index contributed by atoms with van der Waals surface area (Å²) in [6, 6.07) is 6.30. The first-order valence-corrected chi connectivity index (χ1v) is 4.37. The van der Waals surface area contributed by atoms with Gasteiger partial charge in [0, 0.05) is 5.41 Å². The second-order valence-corrected chi connectivity index (χ2v) is 3.90. The smallest absolute Gasteiger partial charge is 0.335 e. The van der Waals surface area contributed by atoms with Crippen LogP contribution in [-0.2, 0) is 5.41 Å². The van der Waals surface area contributed by atoms with Gasteiger partial charge in [-0.3, -0.25) is 4.39 Å². The van der Waals surface area contributed by atoms with Crippen molar-refractivity contribution in [3.63, 3.8) is 0 Å². The monoisotopic (exact) mass is 196 g/mol. The van der Waals surface area contributed by atoms with Gasteiger partial charge >= 0.3 is 5.97 Å². The van der Waals surface area contributed by atoms with Gasteiger partial charge in [-0.1, -0.05) is 26.0 Å². The third kappa shape index (κ3) is 2.10. The van der Waals surface area contributed by atoms with Crippen LogP contribution in [0.1, 0.15) is 29.8 Å². The van der Waals surface area contributed by atoms with Crippen LogP contribution in [0.5, 0.6) is 0 Å². The molecule has 0 saturated heterocycles. The first-order valence-electron chi connectivity index (χ1n) is 4.37. The molecule has 0 bridgehead atoms. The standard InChI is InChI=1S/C11H13FO2/c1-11(2,7-12)9-5-3-8(4-6-9)10(13)14/h3-6H,7H2,1-2H3,(H,13,14). The molecule has 14 heavy (non-hydrogen) atoms. The fourth-order valence-electron chi connectivity index (χ4n) is 1.14. The van der Waals surface area contributed by atoms with Crippen LogP contribution in [0.3, 0.4) is 0 Å². The number of carboxylic acid groups (broad SMARTS) is 1. The lowest BCUT2D eigenvalue weighted by atomic mass is 9.86. The lowest BCUT2D eigenvalue weighted by Gasteiger charge is -2.20. The van der Waals surface area contributed by atoms with E-state index in [9.17, 15) is 9.18 Å². The number of carbonyl (C=O) groups is 1. The van der Waals surface area contributed by atoms with Crippen LogP contribution in [0.15, 0.2) is 24.3 Å². The van der Waals surface area contributed by atoms with Crippen molar-refractivity contribution < 1.29 is 14.3 Å². The van der Waals surface area contributed by atoms with Crippen molar-refractivity contribution in [1.82, 2.24) is 0 Å². The van der Waals surface area contributed by atoms with Gasteiger partial charge in [-0.25, -0.2) is 4.79 Å². The summed E-state index contributed by atoms with van der Waals surface area (Å²) in [6.07, 6.45) is 0. The Balaban J connectivity index is 2.99. The highest BCUT2D eigenvalue weighted by Gasteiger charge is 2.20. The molecule has 0 spiro atoms. The number of carboxylic acids is 1. The van der Waals surface area contributed by atoms with E-state index in [-0.39, 0.29) is 5.56 Å². The fraction of sp³-hybridized carbons (Fsp3) is 0.364. The van der Waals surface area contributed by atoms with Crippen molar-refractivity contribution in [2.24, 2.45) is 0 Å². The molecule has 3 heteroatoms. The summed E-state index contributed by atoms with van der Waals surface area (Å²) in [4.78, 5) is 10.6. The molecule has 0 aliphatic rings. The lowest BCUT2D eigenvalue weighted by Crippen LogP contribution is -2.19. The number of aromatic carboxylic acids is 1. The highest BCUT2D eigenvalue weighted by Crippen LogP contribution is 2.23. The van der Waals surface area contributed by atoms with Crippen LogP contribution in [0.2, 0.25) is 0 Å². The van der Waals surface area contributed by atoms with E-state index in [0.717, 1.165) is 5.56 Å². The van der Waals surface area contributed by atoms with Crippen LogP contribution in [0.4, 0.5) is 4.39 Å². The molecule has 0 aliphatic heterocycles. The zero-order valence-electron chi connectivity index (χ0n) is 8.25. The maximum Gasteiger partial charge on any atom is 0.335 e. The molecule has 0 radical (unpaired) electrons. The minimum Gasteiger partial charge on any atom is -0.478 e. The van der Waals surface area contributed by atoms with E-state index >= 15 is 0 Å². The Morgan fingerprint density at radius 3 is 2.21 bits per heavy atom. The lowest BCUT2D eigenvalue weighted by molar-refractivity contribution is 0.0697. The van der Waals surface area contributed by atoms with E-state index in [1.54, 1.807) is 26.0 Å². The van der Waals surface area contributed by atoms with Gasteiger partial charge in [0.05, 0.1) is 12.2 Å². The topological polar surface area (TPSA) is 37.3 Å². The van der Waals surface area contributed by atoms with E-state index in [2.05, 4.69) is 0 Å². The van der Waals surface area contributed by atoms with Gasteiger partial charge in [-0.05, 0) is 17.7 Å². The molecule has 1 aromatic rings. The molecule has 1 aromatic carbocycles. The Hall–Kier alpha value is -1.38. The normalized spacial score (nSPS) is 11.4. The second-order valence-electron chi connectivity index (χ2n) is 3.90. The van der Waals surface area contributed by atoms with Crippen molar-refractivity contribution in [1.29, 1.82) is 0 Å². The Bertz CT molecular complexity index is 328. The quantitative estimate of drug-likeness (QED) is 0.806. The van der Waals surface area contributed by atoms with Crippen LogP contribution in [0, 0.1) is 0 Å². The van der Waals surface area contributed by atoms with Crippen LogP contribution < -0.4 is 0 Å². The van der Waals surface area contributed by atoms with Gasteiger partial charge < -0.3 is 5.11 Å². The summed E-state index contributed by atoms with van der Waals surface area (Å²) in [6.45, 7) is 3.10. The van der Waals surface area contributed by atoms with Gasteiger partial charge in [0.1, 0.15) is 0 Å². The van der Waals surface area contributed by atoms with Gasteiger partial charge in [0.2, 0.25) is 0 Å². The van der Waals surface area contributed by atoms with E-state index in [4.69, 9.17) is 5.11 Å². The van der Waals surface area contributed by atoms with Crippen LogP contribution in [0.25, 0.3) is 0 Å². The highest BCUT2D eigenvalue weighted by molar-refractivity contribution is 5.87. The van der Waals surface area contributed by atoms with Crippen molar-refractivity contribution in [3.8, 4) is 0 Å². The molecule has 0 unspecified atom stereocenters. The molecule has 0 heterocycles. The number of halogens is 1. The number of hydrogen-bond acceptors (Lipinski definition) is 1. The minimum atomic E-state index is -0.963. The Morgan fingerprint density at radius 1 is 1.36 bits per heavy atom. The third-order valence-electron chi connectivity index (χ3n) is 2.25. The molecule has 0 saturated carbocycles. The SMILES string of the molecule is CC(C)(CF)c1ccc(C(=O)O)cc1. The first-order chi connectivity index (χ1) is 6.47. The molecule has 2 nitrogen and oxygen atoms in total. The summed E-state index contributed by atoms with van der Waals surface area (Å²) >= 11 is 0. The zero-order valence-corrected chi connectivity index (χ0v) is 8.25. The minimum absolute atomic E-state index is 0.225. The summed E-state index contributed by atoms with van der Waals surface area (Å²) in [7, 11) is 0. The second kappa shape index (κ2) is 3.78. The average molecular weight is 196 g/mol. The number of hydrogen-bond donors (Lipinski definition) is 1. The molecule has 1 N–H and O–H groups in total. The molecular formula is C11H13FO2. The molecule has 1 rings (SSSR count). The maximum absolute atomic E-state index is 12.6. The predicted molar refractivity (Wildman–Crippen MR) is 52.4 cm³/mol. The van der Waals surface area contributed by atoms with Crippen molar-refractivity contribution in [2.45, 2.75) is 19.3 Å². The van der Waals surface area contributed by atoms with E-state index < -0.39 is 18.1 Å². The largest absolute Gasteiger partial charge is 0.478 e. The summed E-state index contributed by atoms with van der Waals surface area (Å²) in [5.41, 5.74) is 0.491. The number of alkyl halides is 1. The Morgan fingerprint density at radius 2 is 1.86 bits per heavy atom. The van der Waals surface area contributed by atoms with Gasteiger partial charge in [0.25, 0.3) is 0 Å². The van der Waals surface area contributed by atoms with E-state index in [1.165, 1.54) is 12.1 Å².